The van der Waals surface area contributed by atoms with Crippen molar-refractivity contribution in [3.63, 3.8) is 0 Å². The number of hydrogen-bond donors (Lipinski definition) is 2. The molecular weight excluding hydrogens is 368 g/mol. The van der Waals surface area contributed by atoms with Crippen molar-refractivity contribution in [1.82, 2.24) is 9.78 Å². The molecule has 0 fully saturated rings. The molecule has 0 saturated heterocycles. The van der Waals surface area contributed by atoms with E-state index in [0.29, 0.717) is 35.7 Å². The minimum atomic E-state index is -0.240. The summed E-state index contributed by atoms with van der Waals surface area (Å²) in [6, 6.07) is 15.1. The fourth-order valence-electron chi connectivity index (χ4n) is 3.13. The predicted molar refractivity (Wildman–Crippen MR) is 112 cm³/mol. The first-order valence-corrected chi connectivity index (χ1v) is 9.37. The van der Waals surface area contributed by atoms with Crippen LogP contribution < -0.4 is 15.4 Å². The number of ether oxygens (including phenoxy) is 1. The Morgan fingerprint density at radius 1 is 1.10 bits per heavy atom. The van der Waals surface area contributed by atoms with Gasteiger partial charge in [0.2, 0.25) is 5.91 Å². The number of aromatic nitrogens is 2. The Morgan fingerprint density at radius 3 is 2.52 bits per heavy atom. The molecule has 0 aliphatic rings. The van der Waals surface area contributed by atoms with Crippen molar-refractivity contribution in [2.45, 2.75) is 26.8 Å². The van der Waals surface area contributed by atoms with Crippen LogP contribution in [0.15, 0.2) is 54.7 Å². The number of amides is 2. The Bertz CT molecular complexity index is 1010. The largest absolute Gasteiger partial charge is 0.494 e. The van der Waals surface area contributed by atoms with Gasteiger partial charge in [0, 0.05) is 18.7 Å². The summed E-state index contributed by atoms with van der Waals surface area (Å²) in [6.07, 6.45) is 2.28. The van der Waals surface area contributed by atoms with Gasteiger partial charge in [-0.2, -0.15) is 5.10 Å². The van der Waals surface area contributed by atoms with E-state index in [1.807, 2.05) is 41.9 Å². The summed E-state index contributed by atoms with van der Waals surface area (Å²) in [5, 5.41) is 9.98. The number of methoxy groups -OCH3 is 1. The number of carbonyl (C=O) groups excluding carboxylic acids is 2. The summed E-state index contributed by atoms with van der Waals surface area (Å²) >= 11 is 0. The lowest BCUT2D eigenvalue weighted by Gasteiger charge is -2.12. The zero-order valence-corrected chi connectivity index (χ0v) is 16.7. The van der Waals surface area contributed by atoms with Crippen LogP contribution in [0.25, 0.3) is 0 Å². The molecule has 3 rings (SSSR count). The summed E-state index contributed by atoms with van der Waals surface area (Å²) in [7, 11) is 1.51. The van der Waals surface area contributed by atoms with E-state index in [1.54, 1.807) is 24.4 Å². The van der Waals surface area contributed by atoms with Gasteiger partial charge in [-0.1, -0.05) is 37.3 Å². The van der Waals surface area contributed by atoms with Crippen molar-refractivity contribution in [1.29, 1.82) is 0 Å². The van der Waals surface area contributed by atoms with Crippen molar-refractivity contribution < 1.29 is 14.3 Å². The molecule has 1 aromatic heterocycles. The molecule has 0 saturated carbocycles. The molecule has 2 amide bonds. The van der Waals surface area contributed by atoms with Crippen LogP contribution in [0.2, 0.25) is 0 Å². The van der Waals surface area contributed by atoms with E-state index in [-0.39, 0.29) is 11.8 Å². The topological polar surface area (TPSA) is 85.2 Å². The number of nitrogens with one attached hydrogen (secondary N) is 2. The minimum Gasteiger partial charge on any atom is -0.494 e. The van der Waals surface area contributed by atoms with Gasteiger partial charge in [-0.15, -0.1) is 0 Å². The van der Waals surface area contributed by atoms with Crippen LogP contribution in [-0.2, 0) is 17.8 Å². The Kier molecular flexibility index (Phi) is 6.29. The first kappa shape index (κ1) is 20.1. The second-order valence-electron chi connectivity index (χ2n) is 6.55. The quantitative estimate of drug-likeness (QED) is 0.642. The van der Waals surface area contributed by atoms with E-state index in [2.05, 4.69) is 15.7 Å². The number of hydrogen-bond acceptors (Lipinski definition) is 4. The Balaban J connectivity index is 1.79. The van der Waals surface area contributed by atoms with Crippen LogP contribution >= 0.6 is 0 Å². The van der Waals surface area contributed by atoms with Crippen LogP contribution in [0.4, 0.5) is 11.4 Å². The maximum absolute atomic E-state index is 12.8. The van der Waals surface area contributed by atoms with Gasteiger partial charge in [0.1, 0.15) is 5.75 Å². The molecule has 0 unspecified atom stereocenters. The average molecular weight is 392 g/mol. The van der Waals surface area contributed by atoms with E-state index in [1.165, 1.54) is 14.0 Å². The van der Waals surface area contributed by atoms with E-state index in [4.69, 9.17) is 4.74 Å². The van der Waals surface area contributed by atoms with Crippen LogP contribution in [0.5, 0.6) is 5.75 Å². The van der Waals surface area contributed by atoms with Crippen molar-refractivity contribution in [3.8, 4) is 5.75 Å². The normalized spacial score (nSPS) is 10.4. The Labute approximate surface area is 169 Å². The van der Waals surface area contributed by atoms with Crippen molar-refractivity contribution in [2.24, 2.45) is 0 Å². The third kappa shape index (κ3) is 4.82. The van der Waals surface area contributed by atoms with Gasteiger partial charge in [0.15, 0.2) is 0 Å². The highest BCUT2D eigenvalue weighted by molar-refractivity contribution is 6.05. The predicted octanol–water partition coefficient (Wildman–Crippen LogP) is 3.71. The monoisotopic (exact) mass is 392 g/mol. The molecule has 2 aromatic carbocycles. The highest BCUT2D eigenvalue weighted by atomic mass is 16.5. The molecular formula is C22H24N4O3. The Morgan fingerprint density at radius 2 is 1.86 bits per heavy atom. The zero-order valence-electron chi connectivity index (χ0n) is 16.7. The fraction of sp³-hybridized carbons (Fsp3) is 0.227. The maximum atomic E-state index is 12.8. The molecule has 7 nitrogen and oxygen atoms in total. The highest BCUT2D eigenvalue weighted by Gasteiger charge is 2.17. The summed E-state index contributed by atoms with van der Waals surface area (Å²) in [4.78, 5) is 24.1. The van der Waals surface area contributed by atoms with E-state index >= 15 is 0 Å². The lowest BCUT2D eigenvalue weighted by atomic mass is 10.1. The summed E-state index contributed by atoms with van der Waals surface area (Å²) in [5.41, 5.74) is 3.64. The second-order valence-corrected chi connectivity index (χ2v) is 6.55. The zero-order chi connectivity index (χ0) is 20.8. The van der Waals surface area contributed by atoms with Crippen molar-refractivity contribution >= 4 is 23.2 Å². The fourth-order valence-corrected chi connectivity index (χ4v) is 3.13. The van der Waals surface area contributed by atoms with Crippen molar-refractivity contribution in [2.75, 3.05) is 17.7 Å². The molecule has 0 radical (unpaired) electrons. The third-order valence-corrected chi connectivity index (χ3v) is 4.47. The van der Waals surface area contributed by atoms with Crippen molar-refractivity contribution in [3.05, 3.63) is 71.5 Å². The van der Waals surface area contributed by atoms with Gasteiger partial charge in [0.25, 0.3) is 5.91 Å². The van der Waals surface area contributed by atoms with Gasteiger partial charge in [-0.25, -0.2) is 0 Å². The molecule has 2 N–H and O–H groups in total. The Hall–Kier alpha value is -3.61. The molecule has 29 heavy (non-hydrogen) atoms. The number of anilines is 2. The lowest BCUT2D eigenvalue weighted by molar-refractivity contribution is -0.114. The smallest absolute Gasteiger partial charge is 0.259 e. The molecule has 0 bridgehead atoms. The third-order valence-electron chi connectivity index (χ3n) is 4.47. The molecule has 3 aromatic rings. The molecule has 0 spiro atoms. The summed E-state index contributed by atoms with van der Waals surface area (Å²) in [5.74, 6) is 0.0301. The summed E-state index contributed by atoms with van der Waals surface area (Å²) < 4.78 is 7.16. The van der Waals surface area contributed by atoms with Gasteiger partial charge in [-0.3, -0.25) is 14.3 Å². The highest BCUT2D eigenvalue weighted by Crippen LogP contribution is 2.28. The van der Waals surface area contributed by atoms with Gasteiger partial charge >= 0.3 is 0 Å². The van der Waals surface area contributed by atoms with Crippen LogP contribution in [-0.4, -0.2) is 28.7 Å². The molecule has 150 valence electrons. The summed E-state index contributed by atoms with van der Waals surface area (Å²) in [6.45, 7) is 4.03. The number of benzene rings is 2. The van der Waals surface area contributed by atoms with Gasteiger partial charge in [0.05, 0.1) is 36.8 Å². The van der Waals surface area contributed by atoms with E-state index < -0.39 is 0 Å². The number of rotatable bonds is 7. The SMILES string of the molecule is CCc1c(C(=O)Nc2ccc(NC(C)=O)c(OC)c2)cnn1Cc1ccccc1. The number of carbonyl (C=O) groups is 2. The average Bonchev–Trinajstić information content (AvgIpc) is 3.12. The van der Waals surface area contributed by atoms with Gasteiger partial charge < -0.3 is 15.4 Å². The molecule has 7 heteroatoms. The van der Waals surface area contributed by atoms with E-state index in [0.717, 1.165) is 11.3 Å². The maximum Gasteiger partial charge on any atom is 0.259 e. The minimum absolute atomic E-state index is 0.196. The standard InChI is InChI=1S/C22H24N4O3/c1-4-20-18(13-23-26(20)14-16-8-6-5-7-9-16)22(28)25-17-10-11-19(24-15(2)27)21(12-17)29-3/h5-13H,4,14H2,1-3H3,(H,24,27)(H,25,28). The van der Waals surface area contributed by atoms with Crippen LogP contribution in [0, 0.1) is 0 Å². The lowest BCUT2D eigenvalue weighted by Crippen LogP contribution is -2.15. The van der Waals surface area contributed by atoms with Crippen LogP contribution in [0.1, 0.15) is 35.5 Å². The molecule has 0 atom stereocenters. The molecule has 0 aliphatic carbocycles. The van der Waals surface area contributed by atoms with Crippen LogP contribution in [0.3, 0.4) is 0 Å². The second kappa shape index (κ2) is 9.05. The van der Waals surface area contributed by atoms with Gasteiger partial charge in [-0.05, 0) is 24.1 Å². The van der Waals surface area contributed by atoms with E-state index in [9.17, 15) is 9.59 Å². The number of nitrogens with zero attached hydrogens (tertiary/aromatic N) is 2. The molecule has 0 aliphatic heterocycles. The molecule has 1 heterocycles. The first-order chi connectivity index (χ1) is 14.0. The first-order valence-electron chi connectivity index (χ1n) is 9.37.